The van der Waals surface area contributed by atoms with Crippen LogP contribution in [0, 0.1) is 6.92 Å². The summed E-state index contributed by atoms with van der Waals surface area (Å²) in [5.74, 6) is 0.820. The number of benzene rings is 1. The molecule has 3 rings (SSSR count). The van der Waals surface area contributed by atoms with Crippen LogP contribution in [0.1, 0.15) is 25.0 Å². The van der Waals surface area contributed by atoms with Gasteiger partial charge in [0.2, 0.25) is 0 Å². The zero-order valence-corrected chi connectivity index (χ0v) is 12.8. The minimum absolute atomic E-state index is 0.381. The van der Waals surface area contributed by atoms with Gasteiger partial charge in [0, 0.05) is 29.9 Å². The van der Waals surface area contributed by atoms with E-state index in [0.29, 0.717) is 12.1 Å². The van der Waals surface area contributed by atoms with Gasteiger partial charge in [-0.2, -0.15) is 0 Å². The summed E-state index contributed by atoms with van der Waals surface area (Å²) in [4.78, 5) is 4.62. The topological polar surface area (TPSA) is 43.4 Å². The Morgan fingerprint density at radius 3 is 2.81 bits per heavy atom. The number of methoxy groups -OCH3 is 2. The Labute approximate surface area is 125 Å². The van der Waals surface area contributed by atoms with Crippen molar-refractivity contribution in [2.75, 3.05) is 19.5 Å². The maximum Gasteiger partial charge on any atom is 0.145 e. The fourth-order valence-electron chi connectivity index (χ4n) is 3.14. The molecule has 1 aliphatic rings. The molecule has 4 nitrogen and oxygen atoms in total. The number of nitrogens with zero attached hydrogens (tertiary/aromatic N) is 1. The van der Waals surface area contributed by atoms with E-state index >= 15 is 0 Å². The lowest BCUT2D eigenvalue weighted by Gasteiger charge is -2.17. The quantitative estimate of drug-likeness (QED) is 0.933. The Balaban J connectivity index is 1.95. The summed E-state index contributed by atoms with van der Waals surface area (Å²) >= 11 is 0. The number of nitrogens with one attached hydrogen (secondary N) is 1. The minimum Gasteiger partial charge on any atom is -0.494 e. The van der Waals surface area contributed by atoms with Crippen molar-refractivity contribution in [3.8, 4) is 5.75 Å². The van der Waals surface area contributed by atoms with E-state index in [1.807, 2.05) is 19.1 Å². The number of hydrogen-bond donors (Lipinski definition) is 1. The number of ether oxygens (including phenoxy) is 2. The molecule has 1 aromatic heterocycles. The zero-order chi connectivity index (χ0) is 14.8. The molecule has 112 valence electrons. The van der Waals surface area contributed by atoms with Crippen molar-refractivity contribution in [1.82, 2.24) is 4.98 Å². The average Bonchev–Trinajstić information content (AvgIpc) is 2.94. The minimum atomic E-state index is 0.381. The van der Waals surface area contributed by atoms with Crippen molar-refractivity contribution in [2.24, 2.45) is 0 Å². The number of aromatic nitrogens is 1. The lowest BCUT2D eigenvalue weighted by atomic mass is 10.1. The molecular formula is C17H22N2O2. The second-order valence-corrected chi connectivity index (χ2v) is 5.68. The number of fused-ring (bicyclic) bond motifs is 1. The molecular weight excluding hydrogens is 264 g/mol. The van der Waals surface area contributed by atoms with Crippen LogP contribution in [0.2, 0.25) is 0 Å². The second-order valence-electron chi connectivity index (χ2n) is 5.68. The van der Waals surface area contributed by atoms with Gasteiger partial charge in [0.05, 0.1) is 13.2 Å². The first-order chi connectivity index (χ1) is 10.2. The Morgan fingerprint density at radius 2 is 2.10 bits per heavy atom. The highest BCUT2D eigenvalue weighted by Crippen LogP contribution is 2.32. The Morgan fingerprint density at radius 1 is 1.24 bits per heavy atom. The Hall–Kier alpha value is -1.81. The Kier molecular flexibility index (Phi) is 3.97. The summed E-state index contributed by atoms with van der Waals surface area (Å²) in [6, 6.07) is 8.63. The van der Waals surface area contributed by atoms with Crippen molar-refractivity contribution in [2.45, 2.75) is 38.3 Å². The lowest BCUT2D eigenvalue weighted by Crippen LogP contribution is -2.17. The summed E-state index contributed by atoms with van der Waals surface area (Å²) in [6.45, 7) is 2.02. The molecule has 1 saturated carbocycles. The van der Waals surface area contributed by atoms with Gasteiger partial charge in [-0.05, 0) is 38.3 Å². The van der Waals surface area contributed by atoms with Gasteiger partial charge in [-0.1, -0.05) is 12.1 Å². The van der Waals surface area contributed by atoms with Gasteiger partial charge >= 0.3 is 0 Å². The van der Waals surface area contributed by atoms with Gasteiger partial charge in [0.15, 0.2) is 0 Å². The van der Waals surface area contributed by atoms with Gasteiger partial charge in [-0.25, -0.2) is 4.98 Å². The highest BCUT2D eigenvalue weighted by Gasteiger charge is 2.24. The average molecular weight is 286 g/mol. The fraction of sp³-hybridized carbons (Fsp3) is 0.471. The molecule has 0 radical (unpaired) electrons. The van der Waals surface area contributed by atoms with E-state index in [1.165, 1.54) is 0 Å². The van der Waals surface area contributed by atoms with Crippen LogP contribution in [0.3, 0.4) is 0 Å². The molecule has 21 heavy (non-hydrogen) atoms. The molecule has 1 aliphatic carbocycles. The summed E-state index contributed by atoms with van der Waals surface area (Å²) in [7, 11) is 3.48. The van der Waals surface area contributed by atoms with Gasteiger partial charge in [0.25, 0.3) is 0 Å². The third-order valence-corrected chi connectivity index (χ3v) is 4.23. The third kappa shape index (κ3) is 2.81. The SMILES string of the molecule is COc1cccc2c(NC3CCC(OC)C3)cc(C)nc12. The van der Waals surface area contributed by atoms with Crippen molar-refractivity contribution >= 4 is 16.6 Å². The third-order valence-electron chi connectivity index (χ3n) is 4.23. The van der Waals surface area contributed by atoms with E-state index in [-0.39, 0.29) is 0 Å². The summed E-state index contributed by atoms with van der Waals surface area (Å²) < 4.78 is 10.9. The van der Waals surface area contributed by atoms with Crippen LogP contribution in [-0.4, -0.2) is 31.3 Å². The molecule has 0 aliphatic heterocycles. The molecule has 2 aromatic rings. The van der Waals surface area contributed by atoms with E-state index in [0.717, 1.165) is 47.3 Å². The van der Waals surface area contributed by atoms with Crippen LogP contribution in [0.4, 0.5) is 5.69 Å². The first kappa shape index (κ1) is 14.1. The summed E-state index contributed by atoms with van der Waals surface area (Å²) in [5, 5.41) is 4.78. The van der Waals surface area contributed by atoms with Crippen LogP contribution in [0.25, 0.3) is 10.9 Å². The van der Waals surface area contributed by atoms with Crippen LogP contribution >= 0.6 is 0 Å². The van der Waals surface area contributed by atoms with Crippen molar-refractivity contribution < 1.29 is 9.47 Å². The molecule has 1 fully saturated rings. The molecule has 1 N–H and O–H groups in total. The smallest absolute Gasteiger partial charge is 0.145 e. The van der Waals surface area contributed by atoms with Gasteiger partial charge in [-0.15, -0.1) is 0 Å². The molecule has 0 amide bonds. The van der Waals surface area contributed by atoms with Crippen molar-refractivity contribution in [3.05, 3.63) is 30.0 Å². The predicted molar refractivity (Wildman–Crippen MR) is 85.1 cm³/mol. The first-order valence-corrected chi connectivity index (χ1v) is 7.45. The normalized spacial score (nSPS) is 21.7. The second kappa shape index (κ2) is 5.90. The van der Waals surface area contributed by atoms with E-state index in [2.05, 4.69) is 22.4 Å². The maximum absolute atomic E-state index is 5.45. The monoisotopic (exact) mass is 286 g/mol. The molecule has 1 aromatic carbocycles. The molecule has 2 atom stereocenters. The van der Waals surface area contributed by atoms with Gasteiger partial charge in [-0.3, -0.25) is 0 Å². The largest absolute Gasteiger partial charge is 0.494 e. The van der Waals surface area contributed by atoms with E-state index < -0.39 is 0 Å². The molecule has 0 saturated heterocycles. The molecule has 0 bridgehead atoms. The van der Waals surface area contributed by atoms with Gasteiger partial charge in [0.1, 0.15) is 11.3 Å². The molecule has 4 heteroatoms. The molecule has 0 spiro atoms. The number of aryl methyl sites for hydroxylation is 1. The highest BCUT2D eigenvalue weighted by molar-refractivity contribution is 5.95. The van der Waals surface area contributed by atoms with Crippen molar-refractivity contribution in [1.29, 1.82) is 0 Å². The van der Waals surface area contributed by atoms with E-state index in [4.69, 9.17) is 9.47 Å². The number of hydrogen-bond acceptors (Lipinski definition) is 4. The van der Waals surface area contributed by atoms with Crippen LogP contribution in [-0.2, 0) is 4.74 Å². The van der Waals surface area contributed by atoms with Crippen LogP contribution in [0.5, 0.6) is 5.75 Å². The van der Waals surface area contributed by atoms with Gasteiger partial charge < -0.3 is 14.8 Å². The highest BCUT2D eigenvalue weighted by atomic mass is 16.5. The van der Waals surface area contributed by atoms with Crippen molar-refractivity contribution in [3.63, 3.8) is 0 Å². The number of rotatable bonds is 4. The number of pyridine rings is 1. The first-order valence-electron chi connectivity index (χ1n) is 7.45. The molecule has 2 unspecified atom stereocenters. The fourth-order valence-corrected chi connectivity index (χ4v) is 3.14. The zero-order valence-electron chi connectivity index (χ0n) is 12.8. The summed E-state index contributed by atoms with van der Waals surface area (Å²) in [5.41, 5.74) is 3.05. The maximum atomic E-state index is 5.45. The number of para-hydroxylation sites is 1. The van der Waals surface area contributed by atoms with E-state index in [1.54, 1.807) is 14.2 Å². The predicted octanol–water partition coefficient (Wildman–Crippen LogP) is 3.53. The van der Waals surface area contributed by atoms with Crippen LogP contribution < -0.4 is 10.1 Å². The van der Waals surface area contributed by atoms with Crippen LogP contribution in [0.15, 0.2) is 24.3 Å². The summed E-state index contributed by atoms with van der Waals surface area (Å²) in [6.07, 6.45) is 3.71. The lowest BCUT2D eigenvalue weighted by molar-refractivity contribution is 0.108. The van der Waals surface area contributed by atoms with E-state index in [9.17, 15) is 0 Å². The molecule has 1 heterocycles. The Bertz CT molecular complexity index is 642. The number of anilines is 1. The standard InChI is InChI=1S/C17H22N2O2/c1-11-9-15(19-12-7-8-13(10-12)20-2)14-5-4-6-16(21-3)17(14)18-11/h4-6,9,12-13H,7-8,10H2,1-3H3,(H,18,19).